The molecule has 0 amide bonds. The van der Waals surface area contributed by atoms with Crippen LogP contribution in [-0.4, -0.2) is 67.4 Å². The van der Waals surface area contributed by atoms with Crippen molar-refractivity contribution in [3.05, 3.63) is 53.1 Å². The van der Waals surface area contributed by atoms with E-state index in [-0.39, 0.29) is 29.9 Å². The summed E-state index contributed by atoms with van der Waals surface area (Å²) in [6.45, 7) is 1.53. The summed E-state index contributed by atoms with van der Waals surface area (Å²) in [7, 11) is 0. The number of carbonyl (C=O) groups excluding carboxylic acids is 1. The van der Waals surface area contributed by atoms with E-state index >= 15 is 0 Å². The van der Waals surface area contributed by atoms with Gasteiger partial charge in [0.05, 0.1) is 6.10 Å². The lowest BCUT2D eigenvalue weighted by Crippen LogP contribution is -2.56. The van der Waals surface area contributed by atoms with Crippen molar-refractivity contribution in [2.24, 2.45) is 5.92 Å². The number of aromatic hydroxyl groups is 2. The second-order valence-electron chi connectivity index (χ2n) is 8.05. The number of phenols is 2. The van der Waals surface area contributed by atoms with Gasteiger partial charge >= 0.3 is 0 Å². The first-order valence-electron chi connectivity index (χ1n) is 10.2. The molecule has 0 bridgehead atoms. The van der Waals surface area contributed by atoms with Crippen molar-refractivity contribution < 1.29 is 40.2 Å². The molecule has 8 heteroatoms. The average molecular weight is 432 g/mol. The van der Waals surface area contributed by atoms with Crippen molar-refractivity contribution in [1.82, 2.24) is 0 Å². The molecule has 1 aliphatic rings. The Morgan fingerprint density at radius 3 is 2.35 bits per heavy atom. The van der Waals surface area contributed by atoms with Gasteiger partial charge in [-0.15, -0.1) is 0 Å². The zero-order valence-electron chi connectivity index (χ0n) is 17.2. The fourth-order valence-corrected chi connectivity index (χ4v) is 3.84. The molecule has 0 radical (unpaired) electrons. The first kappa shape index (κ1) is 23.0. The second-order valence-corrected chi connectivity index (χ2v) is 8.05. The maximum atomic E-state index is 12.9. The number of benzene rings is 2. The van der Waals surface area contributed by atoms with Gasteiger partial charge in [0.25, 0.3) is 0 Å². The Morgan fingerprint density at radius 2 is 1.71 bits per heavy atom. The number of ether oxygens (including phenoxy) is 1. The minimum Gasteiger partial charge on any atom is -0.508 e. The molecule has 3 rings (SSSR count). The smallest absolute Gasteiger partial charge is 0.170 e. The molecule has 1 aliphatic carbocycles. The van der Waals surface area contributed by atoms with Crippen LogP contribution in [0.3, 0.4) is 0 Å². The molecule has 1 fully saturated rings. The molecular weight excluding hydrogens is 404 g/mol. The van der Waals surface area contributed by atoms with Gasteiger partial charge in [0.2, 0.25) is 0 Å². The number of Topliss-reactive ketones (excluding diaryl/α,β-unsaturated/α-hetero) is 1. The second kappa shape index (κ2) is 9.65. The molecule has 6 N–H and O–H groups in total. The van der Waals surface area contributed by atoms with Gasteiger partial charge in [-0.2, -0.15) is 0 Å². The number of hydrogen-bond acceptors (Lipinski definition) is 8. The lowest BCUT2D eigenvalue weighted by Gasteiger charge is -2.39. The van der Waals surface area contributed by atoms with E-state index in [4.69, 9.17) is 4.74 Å². The zero-order valence-corrected chi connectivity index (χ0v) is 17.2. The molecule has 0 saturated heterocycles. The highest BCUT2D eigenvalue weighted by atomic mass is 16.5. The van der Waals surface area contributed by atoms with Gasteiger partial charge in [0, 0.05) is 31.1 Å². The lowest BCUT2D eigenvalue weighted by atomic mass is 9.81. The fourth-order valence-electron chi connectivity index (χ4n) is 3.84. The van der Waals surface area contributed by atoms with Gasteiger partial charge in [0.1, 0.15) is 41.1 Å². The third kappa shape index (κ3) is 5.16. The SMILES string of the molecule is Cc1ccc(CCC(=O)c2c(O)cc(O)cc2O[C@@H]2CC(CO)[C@@H](O)[C@H](O)C2O)cc1. The van der Waals surface area contributed by atoms with Crippen LogP contribution < -0.4 is 4.74 Å². The Hall–Kier alpha value is -2.65. The van der Waals surface area contributed by atoms with Gasteiger partial charge in [-0.1, -0.05) is 29.8 Å². The molecule has 2 unspecified atom stereocenters. The third-order valence-electron chi connectivity index (χ3n) is 5.72. The number of ketones is 1. The minimum absolute atomic E-state index is 0.00328. The minimum atomic E-state index is -1.55. The molecule has 2 aromatic rings. The van der Waals surface area contributed by atoms with Crippen molar-refractivity contribution >= 4 is 5.78 Å². The molecule has 5 atom stereocenters. The predicted octanol–water partition coefficient (Wildman–Crippen LogP) is 1.06. The maximum absolute atomic E-state index is 12.9. The highest BCUT2D eigenvalue weighted by molar-refractivity contribution is 6.01. The summed E-state index contributed by atoms with van der Waals surface area (Å²) in [5, 5.41) is 59.9. The van der Waals surface area contributed by atoms with E-state index in [1.165, 1.54) is 0 Å². The van der Waals surface area contributed by atoms with Crippen molar-refractivity contribution in [1.29, 1.82) is 0 Å². The van der Waals surface area contributed by atoms with Crippen LogP contribution in [0.5, 0.6) is 17.2 Å². The Bertz CT molecular complexity index is 909. The van der Waals surface area contributed by atoms with Crippen LogP contribution >= 0.6 is 0 Å². The summed E-state index contributed by atoms with van der Waals surface area (Å²) in [5.74, 6) is -2.11. The van der Waals surface area contributed by atoms with E-state index < -0.39 is 48.5 Å². The predicted molar refractivity (Wildman–Crippen MR) is 111 cm³/mol. The largest absolute Gasteiger partial charge is 0.508 e. The summed E-state index contributed by atoms with van der Waals surface area (Å²) in [6, 6.07) is 9.88. The quantitative estimate of drug-likeness (QED) is 0.356. The molecular formula is C23H28O8. The van der Waals surface area contributed by atoms with Crippen molar-refractivity contribution in [2.75, 3.05) is 6.61 Å². The lowest BCUT2D eigenvalue weighted by molar-refractivity contribution is -0.157. The van der Waals surface area contributed by atoms with Crippen LogP contribution in [0, 0.1) is 12.8 Å². The zero-order chi connectivity index (χ0) is 22.7. The highest BCUT2D eigenvalue weighted by Gasteiger charge is 2.44. The maximum Gasteiger partial charge on any atom is 0.170 e. The average Bonchev–Trinajstić information content (AvgIpc) is 2.73. The number of phenolic OH excluding ortho intramolecular Hbond substituents is 2. The molecule has 0 spiro atoms. The number of carbonyl (C=O) groups is 1. The number of aliphatic hydroxyl groups is 4. The summed E-state index contributed by atoms with van der Waals surface area (Å²) in [4.78, 5) is 12.9. The molecule has 8 nitrogen and oxygen atoms in total. The van der Waals surface area contributed by atoms with Crippen LogP contribution in [0.2, 0.25) is 0 Å². The highest BCUT2D eigenvalue weighted by Crippen LogP contribution is 2.37. The van der Waals surface area contributed by atoms with Crippen molar-refractivity contribution in [3.8, 4) is 17.2 Å². The van der Waals surface area contributed by atoms with E-state index in [0.29, 0.717) is 6.42 Å². The van der Waals surface area contributed by atoms with E-state index in [9.17, 15) is 35.4 Å². The molecule has 2 aromatic carbocycles. The third-order valence-corrected chi connectivity index (χ3v) is 5.72. The molecule has 0 aliphatic heterocycles. The van der Waals surface area contributed by atoms with E-state index in [2.05, 4.69) is 0 Å². The van der Waals surface area contributed by atoms with Gasteiger partial charge in [-0.3, -0.25) is 4.79 Å². The standard InChI is InChI=1S/C23H28O8/c1-12-2-4-13(5-3-12)6-7-16(26)20-17(27)9-15(25)10-18(20)31-19-8-14(11-24)21(28)23(30)22(19)29/h2-5,9-10,14,19,21-25,27-30H,6-8,11H2,1H3/t14?,19-,21-,22?,23+/m1/s1. The number of aryl methyl sites for hydroxylation is 2. The van der Waals surface area contributed by atoms with E-state index in [1.54, 1.807) is 0 Å². The summed E-state index contributed by atoms with van der Waals surface area (Å²) >= 11 is 0. The van der Waals surface area contributed by atoms with Crippen LogP contribution in [0.25, 0.3) is 0 Å². The van der Waals surface area contributed by atoms with Crippen LogP contribution in [0.1, 0.15) is 34.3 Å². The molecule has 0 heterocycles. The van der Waals surface area contributed by atoms with Gasteiger partial charge < -0.3 is 35.4 Å². The molecule has 0 aromatic heterocycles. The Balaban J connectivity index is 1.82. The van der Waals surface area contributed by atoms with Gasteiger partial charge in [-0.25, -0.2) is 0 Å². The Labute approximate surface area is 180 Å². The Morgan fingerprint density at radius 1 is 1.03 bits per heavy atom. The van der Waals surface area contributed by atoms with Gasteiger partial charge in [0.15, 0.2) is 5.78 Å². The first-order chi connectivity index (χ1) is 14.7. The van der Waals surface area contributed by atoms with Crippen LogP contribution in [0.4, 0.5) is 0 Å². The number of hydrogen-bond donors (Lipinski definition) is 6. The first-order valence-corrected chi connectivity index (χ1v) is 10.2. The van der Waals surface area contributed by atoms with Crippen molar-refractivity contribution in [3.63, 3.8) is 0 Å². The molecule has 1 saturated carbocycles. The van der Waals surface area contributed by atoms with Crippen molar-refractivity contribution in [2.45, 2.75) is 50.6 Å². The summed E-state index contributed by atoms with van der Waals surface area (Å²) in [5.41, 5.74) is 1.91. The van der Waals surface area contributed by atoms with Crippen LogP contribution in [-0.2, 0) is 6.42 Å². The molecule has 31 heavy (non-hydrogen) atoms. The normalized spacial score (nSPS) is 25.9. The summed E-state index contributed by atoms with van der Waals surface area (Å²) in [6.07, 6.45) is -4.93. The molecule has 168 valence electrons. The summed E-state index contributed by atoms with van der Waals surface area (Å²) < 4.78 is 5.73. The number of rotatable bonds is 7. The Kier molecular flexibility index (Phi) is 7.17. The van der Waals surface area contributed by atoms with Crippen LogP contribution in [0.15, 0.2) is 36.4 Å². The van der Waals surface area contributed by atoms with E-state index in [0.717, 1.165) is 23.3 Å². The monoisotopic (exact) mass is 432 g/mol. The van der Waals surface area contributed by atoms with E-state index in [1.807, 2.05) is 31.2 Å². The fraction of sp³-hybridized carbons (Fsp3) is 0.435. The van der Waals surface area contributed by atoms with Gasteiger partial charge in [-0.05, 0) is 25.3 Å². The number of aliphatic hydroxyl groups excluding tert-OH is 4. The topological polar surface area (TPSA) is 148 Å².